The highest BCUT2D eigenvalue weighted by Gasteiger charge is 2.53. The largest absolute Gasteiger partial charge is 0.468 e. The summed E-state index contributed by atoms with van der Waals surface area (Å²) in [5.41, 5.74) is -0.520. The van der Waals surface area contributed by atoms with Crippen LogP contribution in [0.15, 0.2) is 29.2 Å². The Bertz CT molecular complexity index is 680. The molecule has 1 saturated heterocycles. The second kappa shape index (κ2) is 5.14. The third-order valence-corrected chi connectivity index (χ3v) is 5.55. The Hall–Kier alpha value is -1.89. The van der Waals surface area contributed by atoms with E-state index in [2.05, 4.69) is 4.74 Å². The van der Waals surface area contributed by atoms with Gasteiger partial charge in [-0.25, -0.2) is 12.7 Å². The number of sulfonamides is 1. The molecule has 1 aliphatic heterocycles. The number of rotatable bonds is 3. The first-order valence-electron chi connectivity index (χ1n) is 6.46. The molecule has 1 aliphatic rings. The number of benzene rings is 1. The second-order valence-corrected chi connectivity index (χ2v) is 7.13. The van der Waals surface area contributed by atoms with Crippen molar-refractivity contribution >= 4 is 21.9 Å². The van der Waals surface area contributed by atoms with Crippen molar-refractivity contribution in [2.24, 2.45) is 5.41 Å². The van der Waals surface area contributed by atoms with Gasteiger partial charge in [-0.3, -0.25) is 9.59 Å². The fraction of sp³-hybridized carbons (Fsp3) is 0.429. The summed E-state index contributed by atoms with van der Waals surface area (Å²) in [5, 5.41) is 0. The standard InChI is InChI=1S/C14H17NO5S/c1-10-4-6-11(7-5-10)21(18,19)15-9-8-14(2,12(15)16)13(17)20-3/h4-7H,8-9H2,1-3H3. The van der Waals surface area contributed by atoms with Gasteiger partial charge in [-0.1, -0.05) is 17.7 Å². The zero-order valence-corrected chi connectivity index (χ0v) is 12.9. The molecule has 21 heavy (non-hydrogen) atoms. The van der Waals surface area contributed by atoms with Crippen LogP contribution in [0.5, 0.6) is 0 Å². The summed E-state index contributed by atoms with van der Waals surface area (Å²) in [6, 6.07) is 6.22. The molecule has 1 amide bonds. The molecule has 1 aromatic rings. The number of methoxy groups -OCH3 is 1. The van der Waals surface area contributed by atoms with Crippen LogP contribution < -0.4 is 0 Å². The van der Waals surface area contributed by atoms with E-state index in [0.29, 0.717) is 0 Å². The molecule has 0 radical (unpaired) electrons. The summed E-state index contributed by atoms with van der Waals surface area (Å²) in [5.74, 6) is -1.45. The van der Waals surface area contributed by atoms with Crippen LogP contribution in [0.4, 0.5) is 0 Å². The summed E-state index contributed by atoms with van der Waals surface area (Å²) < 4.78 is 30.4. The molecule has 6 nitrogen and oxygen atoms in total. The van der Waals surface area contributed by atoms with Crippen LogP contribution in [-0.2, 0) is 24.3 Å². The molecule has 1 fully saturated rings. The third kappa shape index (κ3) is 2.42. The Balaban J connectivity index is 2.37. The number of carbonyl (C=O) groups is 2. The van der Waals surface area contributed by atoms with Crippen molar-refractivity contribution in [1.29, 1.82) is 0 Å². The van der Waals surface area contributed by atoms with Gasteiger partial charge < -0.3 is 4.74 Å². The maximum absolute atomic E-state index is 12.5. The lowest BCUT2D eigenvalue weighted by atomic mass is 9.89. The maximum atomic E-state index is 12.5. The van der Waals surface area contributed by atoms with Crippen molar-refractivity contribution in [3.05, 3.63) is 29.8 Å². The monoisotopic (exact) mass is 311 g/mol. The highest BCUT2D eigenvalue weighted by atomic mass is 32.2. The lowest BCUT2D eigenvalue weighted by Crippen LogP contribution is -2.41. The van der Waals surface area contributed by atoms with E-state index in [1.807, 2.05) is 6.92 Å². The number of hydrogen-bond acceptors (Lipinski definition) is 5. The summed E-state index contributed by atoms with van der Waals surface area (Å²) in [6.07, 6.45) is 0.115. The molecule has 2 rings (SSSR count). The number of aryl methyl sites for hydroxylation is 1. The third-order valence-electron chi connectivity index (χ3n) is 3.76. The van der Waals surface area contributed by atoms with E-state index in [4.69, 9.17) is 0 Å². The molecule has 114 valence electrons. The van der Waals surface area contributed by atoms with Gasteiger partial charge in [0.15, 0.2) is 0 Å². The number of carbonyl (C=O) groups excluding carboxylic acids is 2. The lowest BCUT2D eigenvalue weighted by molar-refractivity contribution is -0.156. The number of esters is 1. The zero-order valence-electron chi connectivity index (χ0n) is 12.1. The normalized spacial score (nSPS) is 22.4. The van der Waals surface area contributed by atoms with Crippen LogP contribution in [0.3, 0.4) is 0 Å². The Kier molecular flexibility index (Phi) is 3.79. The van der Waals surface area contributed by atoms with Gasteiger partial charge in [0.1, 0.15) is 5.41 Å². The predicted molar refractivity (Wildman–Crippen MR) is 74.8 cm³/mol. The molecule has 0 aliphatic carbocycles. The minimum Gasteiger partial charge on any atom is -0.468 e. The molecular weight excluding hydrogens is 294 g/mol. The molecule has 7 heteroatoms. The number of amides is 1. The number of nitrogens with zero attached hydrogens (tertiary/aromatic N) is 1. The van der Waals surface area contributed by atoms with Gasteiger partial charge >= 0.3 is 5.97 Å². The van der Waals surface area contributed by atoms with Crippen LogP contribution >= 0.6 is 0 Å². The topological polar surface area (TPSA) is 80.8 Å². The Labute approximate surface area is 123 Å². The van der Waals surface area contributed by atoms with Crippen molar-refractivity contribution in [3.63, 3.8) is 0 Å². The summed E-state index contributed by atoms with van der Waals surface area (Å²) in [4.78, 5) is 24.1. The first kappa shape index (κ1) is 15.5. The Morgan fingerprint density at radius 2 is 1.86 bits per heavy atom. The predicted octanol–water partition coefficient (Wildman–Crippen LogP) is 1.10. The van der Waals surface area contributed by atoms with Crippen LogP contribution in [0.25, 0.3) is 0 Å². The smallest absolute Gasteiger partial charge is 0.321 e. The fourth-order valence-corrected chi connectivity index (χ4v) is 3.78. The molecule has 0 N–H and O–H groups in total. The average Bonchev–Trinajstić information content (AvgIpc) is 2.76. The molecule has 1 heterocycles. The van der Waals surface area contributed by atoms with Crippen LogP contribution in [0.1, 0.15) is 18.9 Å². The maximum Gasteiger partial charge on any atom is 0.321 e. The van der Waals surface area contributed by atoms with E-state index >= 15 is 0 Å². The molecule has 0 spiro atoms. The van der Waals surface area contributed by atoms with Gasteiger partial charge in [0.05, 0.1) is 12.0 Å². The lowest BCUT2D eigenvalue weighted by Gasteiger charge is -2.21. The highest BCUT2D eigenvalue weighted by molar-refractivity contribution is 7.89. The number of ether oxygens (including phenoxy) is 1. The van der Waals surface area contributed by atoms with Crippen molar-refractivity contribution < 1.29 is 22.7 Å². The highest BCUT2D eigenvalue weighted by Crippen LogP contribution is 2.36. The van der Waals surface area contributed by atoms with E-state index in [1.54, 1.807) is 12.1 Å². The first-order valence-corrected chi connectivity index (χ1v) is 7.90. The second-order valence-electron chi connectivity index (χ2n) is 5.27. The molecule has 0 bridgehead atoms. The molecule has 0 aromatic heterocycles. The van der Waals surface area contributed by atoms with E-state index in [1.165, 1.54) is 26.2 Å². The SMILES string of the molecule is COC(=O)C1(C)CCN(S(=O)(=O)c2ccc(C)cc2)C1=O. The van der Waals surface area contributed by atoms with E-state index in [0.717, 1.165) is 9.87 Å². The summed E-state index contributed by atoms with van der Waals surface area (Å²) in [7, 11) is -2.76. The molecule has 1 aromatic carbocycles. The minimum atomic E-state index is -3.94. The van der Waals surface area contributed by atoms with E-state index < -0.39 is 27.3 Å². The van der Waals surface area contributed by atoms with Crippen molar-refractivity contribution in [2.45, 2.75) is 25.2 Å². The average molecular weight is 311 g/mol. The molecular formula is C14H17NO5S. The van der Waals surface area contributed by atoms with Crippen molar-refractivity contribution in [2.75, 3.05) is 13.7 Å². The van der Waals surface area contributed by atoms with Crippen LogP contribution in [0, 0.1) is 12.3 Å². The van der Waals surface area contributed by atoms with E-state index in [9.17, 15) is 18.0 Å². The quantitative estimate of drug-likeness (QED) is 0.617. The fourth-order valence-electron chi connectivity index (χ4n) is 2.29. The van der Waals surface area contributed by atoms with Gasteiger partial charge in [-0.05, 0) is 32.4 Å². The van der Waals surface area contributed by atoms with E-state index in [-0.39, 0.29) is 17.9 Å². The first-order chi connectivity index (χ1) is 9.73. The van der Waals surface area contributed by atoms with Crippen LogP contribution in [-0.4, -0.2) is 38.3 Å². The van der Waals surface area contributed by atoms with Gasteiger partial charge in [0.25, 0.3) is 15.9 Å². The van der Waals surface area contributed by atoms with Gasteiger partial charge in [0, 0.05) is 6.54 Å². The zero-order chi connectivity index (χ0) is 15.8. The summed E-state index contributed by atoms with van der Waals surface area (Å²) >= 11 is 0. The van der Waals surface area contributed by atoms with Crippen molar-refractivity contribution in [3.8, 4) is 0 Å². The van der Waals surface area contributed by atoms with Crippen molar-refractivity contribution in [1.82, 2.24) is 4.31 Å². The Morgan fingerprint density at radius 1 is 1.29 bits per heavy atom. The van der Waals surface area contributed by atoms with Crippen LogP contribution in [0.2, 0.25) is 0 Å². The Morgan fingerprint density at radius 3 is 2.38 bits per heavy atom. The number of hydrogen-bond donors (Lipinski definition) is 0. The molecule has 1 unspecified atom stereocenters. The van der Waals surface area contributed by atoms with Gasteiger partial charge in [0.2, 0.25) is 0 Å². The summed E-state index contributed by atoms with van der Waals surface area (Å²) in [6.45, 7) is 3.22. The van der Waals surface area contributed by atoms with Gasteiger partial charge in [-0.15, -0.1) is 0 Å². The molecule has 1 atom stereocenters. The van der Waals surface area contributed by atoms with Gasteiger partial charge in [-0.2, -0.15) is 0 Å². The minimum absolute atomic E-state index is 0.0271. The molecule has 0 saturated carbocycles.